The van der Waals surface area contributed by atoms with Gasteiger partial charge in [0.25, 0.3) is 5.91 Å². The van der Waals surface area contributed by atoms with Crippen molar-refractivity contribution in [2.24, 2.45) is 5.92 Å². The highest BCUT2D eigenvalue weighted by molar-refractivity contribution is 5.97. The predicted molar refractivity (Wildman–Crippen MR) is 78.3 cm³/mol. The summed E-state index contributed by atoms with van der Waals surface area (Å²) in [6.07, 6.45) is 2.00. The smallest absolute Gasteiger partial charge is 0.254 e. The van der Waals surface area contributed by atoms with Gasteiger partial charge in [-0.05, 0) is 30.9 Å². The number of halogens is 1. The van der Waals surface area contributed by atoms with Crippen LogP contribution in [0, 0.1) is 11.7 Å². The van der Waals surface area contributed by atoms with E-state index in [-0.39, 0.29) is 17.4 Å². The molecule has 1 heterocycles. The van der Waals surface area contributed by atoms with Gasteiger partial charge in [-0.3, -0.25) is 9.59 Å². The Morgan fingerprint density at radius 3 is 2.38 bits per heavy atom. The van der Waals surface area contributed by atoms with E-state index >= 15 is 0 Å². The highest BCUT2D eigenvalue weighted by atomic mass is 19.1. The minimum atomic E-state index is -0.616. The Morgan fingerprint density at radius 1 is 1.19 bits per heavy atom. The number of hydrogen-bond donors (Lipinski definition) is 1. The van der Waals surface area contributed by atoms with E-state index in [9.17, 15) is 14.0 Å². The number of rotatable bonds is 4. The average Bonchev–Trinajstić information content (AvgIpc) is 2.98. The molecule has 0 bridgehead atoms. The Labute approximate surface area is 124 Å². The lowest BCUT2D eigenvalue weighted by Crippen LogP contribution is -2.50. The summed E-state index contributed by atoms with van der Waals surface area (Å²) in [5, 5.41) is 2.68. The molecule has 0 radical (unpaired) electrons. The number of amides is 2. The van der Waals surface area contributed by atoms with E-state index in [0.717, 1.165) is 25.9 Å². The average molecular weight is 292 g/mol. The number of carbonyl (C=O) groups is 2. The zero-order chi connectivity index (χ0) is 15.4. The van der Waals surface area contributed by atoms with Crippen LogP contribution in [-0.2, 0) is 4.79 Å². The van der Waals surface area contributed by atoms with Gasteiger partial charge in [0, 0.05) is 13.1 Å². The van der Waals surface area contributed by atoms with Crippen LogP contribution in [0.5, 0.6) is 0 Å². The summed E-state index contributed by atoms with van der Waals surface area (Å²) >= 11 is 0. The van der Waals surface area contributed by atoms with E-state index in [4.69, 9.17) is 0 Å². The summed E-state index contributed by atoms with van der Waals surface area (Å²) in [7, 11) is 0. The first-order chi connectivity index (χ1) is 10.0. The van der Waals surface area contributed by atoms with Crippen molar-refractivity contribution in [1.82, 2.24) is 10.2 Å². The topological polar surface area (TPSA) is 49.4 Å². The van der Waals surface area contributed by atoms with Crippen LogP contribution in [0.3, 0.4) is 0 Å². The number of carbonyl (C=O) groups excluding carboxylic acids is 2. The van der Waals surface area contributed by atoms with Crippen LogP contribution in [0.4, 0.5) is 4.39 Å². The molecule has 0 aliphatic carbocycles. The van der Waals surface area contributed by atoms with Crippen LogP contribution in [0.15, 0.2) is 24.3 Å². The number of hydrogen-bond acceptors (Lipinski definition) is 2. The van der Waals surface area contributed by atoms with Gasteiger partial charge in [-0.15, -0.1) is 0 Å². The Morgan fingerprint density at radius 2 is 1.81 bits per heavy atom. The molecule has 1 N–H and O–H groups in total. The van der Waals surface area contributed by atoms with E-state index in [0.29, 0.717) is 0 Å². The zero-order valence-electron chi connectivity index (χ0n) is 12.4. The molecule has 2 rings (SSSR count). The summed E-state index contributed by atoms with van der Waals surface area (Å²) in [5.74, 6) is -1.24. The molecule has 0 aromatic heterocycles. The van der Waals surface area contributed by atoms with Crippen LogP contribution in [0.1, 0.15) is 37.0 Å². The fourth-order valence-corrected chi connectivity index (χ4v) is 2.51. The fourth-order valence-electron chi connectivity index (χ4n) is 2.51. The van der Waals surface area contributed by atoms with Gasteiger partial charge in [0.1, 0.15) is 11.9 Å². The molecule has 1 aliphatic rings. The van der Waals surface area contributed by atoms with Crippen LogP contribution in [0.25, 0.3) is 0 Å². The van der Waals surface area contributed by atoms with Gasteiger partial charge >= 0.3 is 0 Å². The van der Waals surface area contributed by atoms with E-state index in [1.54, 1.807) is 11.0 Å². The molecule has 1 aromatic carbocycles. The van der Waals surface area contributed by atoms with E-state index in [1.165, 1.54) is 18.2 Å². The molecule has 21 heavy (non-hydrogen) atoms. The third kappa shape index (κ3) is 3.60. The van der Waals surface area contributed by atoms with Gasteiger partial charge in [-0.2, -0.15) is 0 Å². The fraction of sp³-hybridized carbons (Fsp3) is 0.500. The van der Waals surface area contributed by atoms with Crippen molar-refractivity contribution in [3.63, 3.8) is 0 Å². The maximum atomic E-state index is 13.6. The van der Waals surface area contributed by atoms with Crippen molar-refractivity contribution in [3.8, 4) is 0 Å². The Bertz CT molecular complexity index is 525. The van der Waals surface area contributed by atoms with Gasteiger partial charge in [-0.1, -0.05) is 26.0 Å². The van der Waals surface area contributed by atoms with Crippen molar-refractivity contribution in [1.29, 1.82) is 0 Å². The lowest BCUT2D eigenvalue weighted by atomic mass is 10.0. The summed E-state index contributed by atoms with van der Waals surface area (Å²) in [6.45, 7) is 5.22. The second-order valence-corrected chi connectivity index (χ2v) is 5.71. The van der Waals surface area contributed by atoms with E-state index < -0.39 is 17.8 Å². The molecule has 114 valence electrons. The molecule has 4 nitrogen and oxygen atoms in total. The molecule has 1 unspecified atom stereocenters. The van der Waals surface area contributed by atoms with Crippen LogP contribution < -0.4 is 5.32 Å². The summed E-state index contributed by atoms with van der Waals surface area (Å²) in [4.78, 5) is 26.4. The van der Waals surface area contributed by atoms with Gasteiger partial charge in [0.05, 0.1) is 5.56 Å². The maximum absolute atomic E-state index is 13.6. The number of benzene rings is 1. The standard InChI is InChI=1S/C16H21FN2O2/c1-11(2)14(16(21)19-9-5-6-10-19)18-15(20)12-7-3-4-8-13(12)17/h3-4,7-8,11,14H,5-6,9-10H2,1-2H3,(H,18,20). The Hall–Kier alpha value is -1.91. The first-order valence-corrected chi connectivity index (χ1v) is 7.35. The second kappa shape index (κ2) is 6.70. The SMILES string of the molecule is CC(C)C(NC(=O)c1ccccc1F)C(=O)N1CCCC1. The molecule has 2 amide bonds. The van der Waals surface area contributed by atoms with Gasteiger partial charge in [-0.25, -0.2) is 4.39 Å². The summed E-state index contributed by atoms with van der Waals surface area (Å²) in [6, 6.07) is 5.17. The zero-order valence-corrected chi connectivity index (χ0v) is 12.4. The lowest BCUT2D eigenvalue weighted by Gasteiger charge is -2.26. The highest BCUT2D eigenvalue weighted by Crippen LogP contribution is 2.14. The molecular weight excluding hydrogens is 271 g/mol. The molecular formula is C16H21FN2O2. The van der Waals surface area contributed by atoms with Crippen molar-refractivity contribution >= 4 is 11.8 Å². The third-order valence-electron chi connectivity index (χ3n) is 3.76. The Balaban J connectivity index is 2.11. The molecule has 0 spiro atoms. The van der Waals surface area contributed by atoms with Crippen LogP contribution >= 0.6 is 0 Å². The molecule has 1 aromatic rings. The lowest BCUT2D eigenvalue weighted by molar-refractivity contribution is -0.133. The van der Waals surface area contributed by atoms with E-state index in [1.807, 2.05) is 13.8 Å². The first-order valence-electron chi connectivity index (χ1n) is 7.35. The van der Waals surface area contributed by atoms with E-state index in [2.05, 4.69) is 5.32 Å². The molecule has 1 saturated heterocycles. The predicted octanol–water partition coefficient (Wildman–Crippen LogP) is 2.20. The number of nitrogens with one attached hydrogen (secondary N) is 1. The van der Waals surface area contributed by atoms with Crippen molar-refractivity contribution < 1.29 is 14.0 Å². The normalized spacial score (nSPS) is 16.1. The molecule has 1 aliphatic heterocycles. The largest absolute Gasteiger partial charge is 0.341 e. The monoisotopic (exact) mass is 292 g/mol. The van der Waals surface area contributed by atoms with Crippen molar-refractivity contribution in [2.75, 3.05) is 13.1 Å². The van der Waals surface area contributed by atoms with Gasteiger partial charge in [0.2, 0.25) is 5.91 Å². The quantitative estimate of drug-likeness (QED) is 0.925. The van der Waals surface area contributed by atoms with Crippen LogP contribution in [0.2, 0.25) is 0 Å². The number of nitrogens with zero attached hydrogens (tertiary/aromatic N) is 1. The first kappa shape index (κ1) is 15.5. The molecule has 0 saturated carbocycles. The summed E-state index contributed by atoms with van der Waals surface area (Å²) < 4.78 is 13.6. The molecule has 1 atom stereocenters. The summed E-state index contributed by atoms with van der Waals surface area (Å²) in [5.41, 5.74) is -0.0302. The minimum Gasteiger partial charge on any atom is -0.341 e. The van der Waals surface area contributed by atoms with Crippen LogP contribution in [-0.4, -0.2) is 35.8 Å². The Kier molecular flexibility index (Phi) is 4.94. The second-order valence-electron chi connectivity index (χ2n) is 5.71. The third-order valence-corrected chi connectivity index (χ3v) is 3.76. The maximum Gasteiger partial charge on any atom is 0.254 e. The molecule has 1 fully saturated rings. The van der Waals surface area contributed by atoms with Crippen molar-refractivity contribution in [2.45, 2.75) is 32.7 Å². The van der Waals surface area contributed by atoms with Crippen molar-refractivity contribution in [3.05, 3.63) is 35.6 Å². The highest BCUT2D eigenvalue weighted by Gasteiger charge is 2.30. The van der Waals surface area contributed by atoms with Gasteiger partial charge in [0.15, 0.2) is 0 Å². The number of likely N-dealkylation sites (tertiary alicyclic amines) is 1. The molecule has 5 heteroatoms. The minimum absolute atomic E-state index is 0.0302. The van der Waals surface area contributed by atoms with Gasteiger partial charge < -0.3 is 10.2 Å².